The molecule has 3 heteroatoms. The molecule has 0 amide bonds. The summed E-state index contributed by atoms with van der Waals surface area (Å²) in [7, 11) is 0. The highest BCUT2D eigenvalue weighted by molar-refractivity contribution is 4.94. The minimum absolute atomic E-state index is 0.847. The average molecular weight is 224 g/mol. The Morgan fingerprint density at radius 2 is 2.00 bits per heavy atom. The fourth-order valence-electron chi connectivity index (χ4n) is 3.73. The maximum Gasteiger partial charge on any atom is 0.0594 e. The molecular formula is C13H24N2O. The molecule has 2 bridgehead atoms. The van der Waals surface area contributed by atoms with Crippen LogP contribution in [0.15, 0.2) is 0 Å². The van der Waals surface area contributed by atoms with Gasteiger partial charge in [0.05, 0.1) is 13.2 Å². The maximum absolute atomic E-state index is 5.36. The van der Waals surface area contributed by atoms with Crippen LogP contribution in [-0.4, -0.2) is 50.3 Å². The quantitative estimate of drug-likeness (QED) is 0.774. The molecule has 0 radical (unpaired) electrons. The summed E-state index contributed by atoms with van der Waals surface area (Å²) < 4.78 is 5.36. The minimum atomic E-state index is 0.847. The van der Waals surface area contributed by atoms with Crippen LogP contribution < -0.4 is 5.32 Å². The van der Waals surface area contributed by atoms with Gasteiger partial charge < -0.3 is 10.1 Å². The Hall–Kier alpha value is -0.120. The van der Waals surface area contributed by atoms with E-state index < -0.39 is 0 Å². The molecule has 0 aromatic carbocycles. The Balaban J connectivity index is 1.34. The lowest BCUT2D eigenvalue weighted by atomic mass is 9.95. The van der Waals surface area contributed by atoms with Gasteiger partial charge in [-0.3, -0.25) is 4.90 Å². The van der Waals surface area contributed by atoms with Crippen molar-refractivity contribution in [1.82, 2.24) is 10.2 Å². The third-order valence-corrected chi connectivity index (χ3v) is 4.68. The normalized spacial score (nSPS) is 39.4. The van der Waals surface area contributed by atoms with E-state index in [9.17, 15) is 0 Å². The fraction of sp³-hybridized carbons (Fsp3) is 1.00. The van der Waals surface area contributed by atoms with Crippen LogP contribution in [0.4, 0.5) is 0 Å². The molecule has 16 heavy (non-hydrogen) atoms. The van der Waals surface area contributed by atoms with E-state index in [1.54, 1.807) is 0 Å². The number of ether oxygens (including phenoxy) is 1. The number of nitrogens with zero attached hydrogens (tertiary/aromatic N) is 1. The summed E-state index contributed by atoms with van der Waals surface area (Å²) in [5.41, 5.74) is 0. The van der Waals surface area contributed by atoms with E-state index in [1.807, 2.05) is 0 Å². The highest BCUT2D eigenvalue weighted by atomic mass is 16.5. The van der Waals surface area contributed by atoms with Crippen LogP contribution in [0.25, 0.3) is 0 Å². The molecule has 0 aromatic heterocycles. The number of fused-ring (bicyclic) bond motifs is 2. The number of hydrogen-bond acceptors (Lipinski definition) is 3. The highest BCUT2D eigenvalue weighted by Crippen LogP contribution is 2.44. The van der Waals surface area contributed by atoms with Crippen molar-refractivity contribution in [3.63, 3.8) is 0 Å². The largest absolute Gasteiger partial charge is 0.379 e. The average Bonchev–Trinajstić information content (AvgIpc) is 2.92. The number of hydrogen-bond donors (Lipinski definition) is 1. The molecular weight excluding hydrogens is 200 g/mol. The fourth-order valence-corrected chi connectivity index (χ4v) is 3.73. The van der Waals surface area contributed by atoms with E-state index in [2.05, 4.69) is 10.2 Å². The molecule has 0 unspecified atom stereocenters. The zero-order valence-electron chi connectivity index (χ0n) is 10.2. The molecule has 1 N–H and O–H groups in total. The Bertz CT molecular complexity index is 228. The van der Waals surface area contributed by atoms with Crippen molar-refractivity contribution in [2.45, 2.75) is 31.7 Å². The molecule has 2 saturated carbocycles. The van der Waals surface area contributed by atoms with E-state index in [-0.39, 0.29) is 0 Å². The van der Waals surface area contributed by atoms with Crippen molar-refractivity contribution in [2.24, 2.45) is 11.8 Å². The molecule has 3 rings (SSSR count). The van der Waals surface area contributed by atoms with E-state index >= 15 is 0 Å². The van der Waals surface area contributed by atoms with Gasteiger partial charge in [-0.1, -0.05) is 6.42 Å². The zero-order chi connectivity index (χ0) is 10.8. The summed E-state index contributed by atoms with van der Waals surface area (Å²) >= 11 is 0. The SMILES string of the molecule is C(CN1CCOCC1)N[C@H]1C[C@@H]2CC[C@H]1C2. The molecule has 0 aromatic rings. The lowest BCUT2D eigenvalue weighted by Gasteiger charge is -2.28. The van der Waals surface area contributed by atoms with Crippen molar-refractivity contribution in [1.29, 1.82) is 0 Å². The summed E-state index contributed by atoms with van der Waals surface area (Å²) in [4.78, 5) is 2.52. The Labute approximate surface area is 98.5 Å². The molecule has 3 atom stereocenters. The van der Waals surface area contributed by atoms with Gasteiger partial charge >= 0.3 is 0 Å². The van der Waals surface area contributed by atoms with Crippen molar-refractivity contribution >= 4 is 0 Å². The van der Waals surface area contributed by atoms with Crippen LogP contribution >= 0.6 is 0 Å². The van der Waals surface area contributed by atoms with Crippen LogP contribution in [0.3, 0.4) is 0 Å². The van der Waals surface area contributed by atoms with Crippen molar-refractivity contribution in [3.8, 4) is 0 Å². The Morgan fingerprint density at radius 3 is 2.69 bits per heavy atom. The number of morpholine rings is 1. The molecule has 3 fully saturated rings. The van der Waals surface area contributed by atoms with Gasteiger partial charge in [0.1, 0.15) is 0 Å². The predicted molar refractivity (Wildman–Crippen MR) is 64.5 cm³/mol. The maximum atomic E-state index is 5.36. The van der Waals surface area contributed by atoms with Crippen LogP contribution in [0.1, 0.15) is 25.7 Å². The summed E-state index contributed by atoms with van der Waals surface area (Å²) in [5, 5.41) is 3.78. The van der Waals surface area contributed by atoms with Gasteiger partial charge in [-0.25, -0.2) is 0 Å². The van der Waals surface area contributed by atoms with Gasteiger partial charge in [0.2, 0.25) is 0 Å². The Kier molecular flexibility index (Phi) is 3.46. The minimum Gasteiger partial charge on any atom is -0.379 e. The first kappa shape index (κ1) is 11.0. The summed E-state index contributed by atoms with van der Waals surface area (Å²) in [6, 6.07) is 0.847. The number of nitrogens with one attached hydrogen (secondary N) is 1. The number of rotatable bonds is 4. The van der Waals surface area contributed by atoms with Gasteiger partial charge in [0, 0.05) is 32.2 Å². The van der Waals surface area contributed by atoms with Gasteiger partial charge in [-0.15, -0.1) is 0 Å². The van der Waals surface area contributed by atoms with Crippen molar-refractivity contribution in [2.75, 3.05) is 39.4 Å². The Morgan fingerprint density at radius 1 is 1.12 bits per heavy atom. The molecule has 2 aliphatic carbocycles. The summed E-state index contributed by atoms with van der Waals surface area (Å²) in [6.45, 7) is 6.48. The van der Waals surface area contributed by atoms with Crippen LogP contribution in [0, 0.1) is 11.8 Å². The van der Waals surface area contributed by atoms with Crippen LogP contribution in [-0.2, 0) is 4.74 Å². The van der Waals surface area contributed by atoms with Gasteiger partial charge in [0.15, 0.2) is 0 Å². The van der Waals surface area contributed by atoms with Crippen LogP contribution in [0.2, 0.25) is 0 Å². The zero-order valence-corrected chi connectivity index (χ0v) is 10.2. The third-order valence-electron chi connectivity index (χ3n) is 4.68. The first-order valence-electron chi connectivity index (χ1n) is 6.95. The smallest absolute Gasteiger partial charge is 0.0594 e. The van der Waals surface area contributed by atoms with Gasteiger partial charge in [-0.2, -0.15) is 0 Å². The topological polar surface area (TPSA) is 24.5 Å². The molecule has 3 aliphatic rings. The first-order valence-corrected chi connectivity index (χ1v) is 6.95. The van der Waals surface area contributed by atoms with Gasteiger partial charge in [-0.05, 0) is 31.1 Å². The van der Waals surface area contributed by atoms with Crippen LogP contribution in [0.5, 0.6) is 0 Å². The highest BCUT2D eigenvalue weighted by Gasteiger charge is 2.38. The second-order valence-electron chi connectivity index (χ2n) is 5.69. The van der Waals surface area contributed by atoms with E-state index in [4.69, 9.17) is 4.74 Å². The predicted octanol–water partition coefficient (Wildman–Crippen LogP) is 1.10. The first-order chi connectivity index (χ1) is 7.92. The lowest BCUT2D eigenvalue weighted by Crippen LogP contribution is -2.43. The van der Waals surface area contributed by atoms with Crippen molar-refractivity contribution in [3.05, 3.63) is 0 Å². The van der Waals surface area contributed by atoms with E-state index in [0.29, 0.717) is 0 Å². The molecule has 1 heterocycles. The molecule has 1 saturated heterocycles. The lowest BCUT2D eigenvalue weighted by molar-refractivity contribution is 0.0379. The van der Waals surface area contributed by atoms with E-state index in [0.717, 1.165) is 44.2 Å². The third kappa shape index (κ3) is 2.41. The molecule has 1 aliphatic heterocycles. The second-order valence-corrected chi connectivity index (χ2v) is 5.69. The molecule has 3 nitrogen and oxygen atoms in total. The van der Waals surface area contributed by atoms with Gasteiger partial charge in [0.25, 0.3) is 0 Å². The molecule has 0 spiro atoms. The summed E-state index contributed by atoms with van der Waals surface area (Å²) in [6.07, 6.45) is 5.95. The molecule has 92 valence electrons. The van der Waals surface area contributed by atoms with E-state index in [1.165, 1.54) is 38.8 Å². The monoisotopic (exact) mass is 224 g/mol. The second kappa shape index (κ2) is 5.03. The summed E-state index contributed by atoms with van der Waals surface area (Å²) in [5.74, 6) is 2.07. The standard InChI is InChI=1S/C13H24N2O/c1-2-12-9-11(1)10-13(12)14-3-4-15-5-7-16-8-6-15/h11-14H,1-10H2/t11-,12+,13+/m1/s1. The van der Waals surface area contributed by atoms with Crippen molar-refractivity contribution < 1.29 is 4.74 Å².